The summed E-state index contributed by atoms with van der Waals surface area (Å²) in [6, 6.07) is 14.4. The van der Waals surface area contributed by atoms with Gasteiger partial charge in [0.15, 0.2) is 11.5 Å². The summed E-state index contributed by atoms with van der Waals surface area (Å²) >= 11 is 0. The van der Waals surface area contributed by atoms with Crippen molar-refractivity contribution < 1.29 is 14.3 Å². The molecule has 2 aromatic carbocycles. The van der Waals surface area contributed by atoms with Crippen LogP contribution in [0.15, 0.2) is 48.5 Å². The molecule has 1 atom stereocenters. The molecule has 31 heavy (non-hydrogen) atoms. The maximum atomic E-state index is 12.5. The number of hydrogen-bond acceptors (Lipinski definition) is 4. The zero-order valence-corrected chi connectivity index (χ0v) is 19.1. The molecule has 1 saturated heterocycles. The highest BCUT2D eigenvalue weighted by molar-refractivity contribution is 5.84. The number of anilines is 1. The molecule has 1 amide bonds. The molecule has 4 rings (SSSR count). The van der Waals surface area contributed by atoms with Crippen molar-refractivity contribution in [3.63, 3.8) is 0 Å². The number of hydrogen-bond donors (Lipinski definition) is 1. The fourth-order valence-corrected chi connectivity index (χ4v) is 4.70. The van der Waals surface area contributed by atoms with E-state index in [1.54, 1.807) is 7.11 Å². The Morgan fingerprint density at radius 2 is 1.94 bits per heavy atom. The van der Waals surface area contributed by atoms with Crippen molar-refractivity contribution in [3.8, 4) is 11.5 Å². The lowest BCUT2D eigenvalue weighted by Crippen LogP contribution is -2.68. The van der Waals surface area contributed by atoms with Gasteiger partial charge in [-0.25, -0.2) is 0 Å². The van der Waals surface area contributed by atoms with Crippen molar-refractivity contribution in [1.29, 1.82) is 0 Å². The third kappa shape index (κ3) is 3.56. The van der Waals surface area contributed by atoms with Crippen LogP contribution in [0.2, 0.25) is 0 Å². The quantitative estimate of drug-likeness (QED) is 0.732. The molecule has 0 aliphatic carbocycles. The van der Waals surface area contributed by atoms with E-state index in [-0.39, 0.29) is 11.3 Å². The number of ether oxygens (including phenoxy) is 2. The van der Waals surface area contributed by atoms with Crippen LogP contribution in [0.5, 0.6) is 11.5 Å². The molecule has 1 fully saturated rings. The Morgan fingerprint density at radius 1 is 1.16 bits per heavy atom. The van der Waals surface area contributed by atoms with Gasteiger partial charge in [-0.2, -0.15) is 0 Å². The van der Waals surface area contributed by atoms with Gasteiger partial charge in [-0.1, -0.05) is 58.0 Å². The second-order valence-electron chi connectivity index (χ2n) is 9.31. The standard InChI is InChI=1S/C26H32N2O3/c1-18(2)17-31-22-11-10-19(16-23(22)30-5)12-14-26-25(3,4)20-8-6-7-9-21(20)28(26)15-13-24(29)27-26/h6-12,14,16,18H,13,15,17H2,1-5H3,(H,27,29)/b14-12+/t26-/m1/s1. The summed E-state index contributed by atoms with van der Waals surface area (Å²) < 4.78 is 11.4. The number of benzene rings is 2. The van der Waals surface area contributed by atoms with Gasteiger partial charge in [0.05, 0.1) is 13.7 Å². The van der Waals surface area contributed by atoms with Crippen molar-refractivity contribution in [2.45, 2.75) is 45.2 Å². The highest BCUT2D eigenvalue weighted by Gasteiger charge is 2.57. The fraction of sp³-hybridized carbons (Fsp3) is 0.423. The highest BCUT2D eigenvalue weighted by atomic mass is 16.5. The Kier molecular flexibility index (Phi) is 5.46. The van der Waals surface area contributed by atoms with E-state index in [2.05, 4.69) is 74.3 Å². The summed E-state index contributed by atoms with van der Waals surface area (Å²) in [5, 5.41) is 3.32. The topological polar surface area (TPSA) is 50.8 Å². The van der Waals surface area contributed by atoms with Crippen LogP contribution >= 0.6 is 0 Å². The molecule has 0 bridgehead atoms. The number of nitrogens with one attached hydrogen (secondary N) is 1. The summed E-state index contributed by atoms with van der Waals surface area (Å²) in [5.41, 5.74) is 2.52. The lowest BCUT2D eigenvalue weighted by Gasteiger charge is -2.49. The number of carbonyl (C=O) groups is 1. The summed E-state index contributed by atoms with van der Waals surface area (Å²) in [7, 11) is 1.66. The average molecular weight is 421 g/mol. The van der Waals surface area contributed by atoms with Crippen LogP contribution in [-0.2, 0) is 10.2 Å². The lowest BCUT2D eigenvalue weighted by molar-refractivity contribution is -0.124. The van der Waals surface area contributed by atoms with Crippen LogP contribution < -0.4 is 19.7 Å². The second-order valence-corrected chi connectivity index (χ2v) is 9.31. The van der Waals surface area contributed by atoms with Gasteiger partial charge in [0, 0.05) is 24.1 Å². The van der Waals surface area contributed by atoms with E-state index in [0.29, 0.717) is 31.2 Å². The van der Waals surface area contributed by atoms with E-state index in [0.717, 1.165) is 11.3 Å². The number of nitrogens with zero attached hydrogens (tertiary/aromatic N) is 1. The third-order valence-electron chi connectivity index (χ3n) is 6.42. The summed E-state index contributed by atoms with van der Waals surface area (Å²) in [6.07, 6.45) is 4.70. The van der Waals surface area contributed by atoms with E-state index in [9.17, 15) is 4.79 Å². The van der Waals surface area contributed by atoms with E-state index in [1.165, 1.54) is 11.3 Å². The van der Waals surface area contributed by atoms with Crippen LogP contribution in [0.1, 0.15) is 45.2 Å². The highest BCUT2D eigenvalue weighted by Crippen LogP contribution is 2.52. The van der Waals surface area contributed by atoms with Crippen molar-refractivity contribution in [2.24, 2.45) is 5.92 Å². The van der Waals surface area contributed by atoms with Crippen molar-refractivity contribution >= 4 is 17.7 Å². The van der Waals surface area contributed by atoms with Crippen LogP contribution in [0.4, 0.5) is 5.69 Å². The molecule has 0 saturated carbocycles. The average Bonchev–Trinajstić information content (AvgIpc) is 2.95. The molecule has 0 unspecified atom stereocenters. The van der Waals surface area contributed by atoms with Gasteiger partial charge in [-0.3, -0.25) is 4.79 Å². The number of methoxy groups -OCH3 is 1. The van der Waals surface area contributed by atoms with E-state index in [1.807, 2.05) is 18.2 Å². The normalized spacial score (nSPS) is 21.7. The van der Waals surface area contributed by atoms with Crippen LogP contribution in [0.25, 0.3) is 6.08 Å². The first-order valence-electron chi connectivity index (χ1n) is 11.0. The van der Waals surface area contributed by atoms with Crippen molar-refractivity contribution in [1.82, 2.24) is 5.32 Å². The summed E-state index contributed by atoms with van der Waals surface area (Å²) in [6.45, 7) is 9.98. The minimum Gasteiger partial charge on any atom is -0.493 e. The van der Waals surface area contributed by atoms with Crippen LogP contribution in [0, 0.1) is 5.92 Å². The van der Waals surface area contributed by atoms with Crippen LogP contribution in [-0.4, -0.2) is 31.8 Å². The number of carbonyl (C=O) groups excluding carboxylic acids is 1. The Labute approximate surface area is 185 Å². The Morgan fingerprint density at radius 3 is 2.68 bits per heavy atom. The Balaban J connectivity index is 1.70. The molecule has 5 heteroatoms. The zero-order chi connectivity index (χ0) is 22.2. The smallest absolute Gasteiger partial charge is 0.223 e. The maximum absolute atomic E-state index is 12.5. The van der Waals surface area contributed by atoms with Crippen molar-refractivity contribution in [2.75, 3.05) is 25.2 Å². The number of rotatable bonds is 6. The van der Waals surface area contributed by atoms with E-state index >= 15 is 0 Å². The first-order valence-corrected chi connectivity index (χ1v) is 11.0. The minimum absolute atomic E-state index is 0.0804. The van der Waals surface area contributed by atoms with E-state index in [4.69, 9.17) is 9.47 Å². The fourth-order valence-electron chi connectivity index (χ4n) is 4.70. The van der Waals surface area contributed by atoms with Crippen molar-refractivity contribution in [3.05, 3.63) is 59.7 Å². The minimum atomic E-state index is -0.619. The lowest BCUT2D eigenvalue weighted by atomic mass is 9.74. The number of amides is 1. The van der Waals surface area contributed by atoms with E-state index < -0.39 is 5.66 Å². The first kappa shape index (κ1) is 21.3. The second kappa shape index (κ2) is 7.95. The largest absolute Gasteiger partial charge is 0.493 e. The molecule has 0 spiro atoms. The van der Waals surface area contributed by atoms with Gasteiger partial charge >= 0.3 is 0 Å². The summed E-state index contributed by atoms with van der Waals surface area (Å²) in [5.74, 6) is 1.97. The predicted octanol–water partition coefficient (Wildman–Crippen LogP) is 4.76. The van der Waals surface area contributed by atoms with Gasteiger partial charge in [-0.05, 0) is 41.3 Å². The molecular weight excluding hydrogens is 388 g/mol. The van der Waals surface area contributed by atoms with Gasteiger partial charge in [0.2, 0.25) is 5.91 Å². The number of fused-ring (bicyclic) bond motifs is 3. The van der Waals surface area contributed by atoms with Gasteiger partial charge in [0.1, 0.15) is 5.66 Å². The molecular formula is C26H32N2O3. The SMILES string of the molecule is COc1cc(/C=C/[C@@]23NC(=O)CCN2c2ccccc2C3(C)C)ccc1OCC(C)C. The Hall–Kier alpha value is -2.95. The number of para-hydroxylation sites is 1. The van der Waals surface area contributed by atoms with Crippen LogP contribution in [0.3, 0.4) is 0 Å². The van der Waals surface area contributed by atoms with Gasteiger partial charge in [0.25, 0.3) is 0 Å². The predicted molar refractivity (Wildman–Crippen MR) is 125 cm³/mol. The monoisotopic (exact) mass is 420 g/mol. The molecule has 0 radical (unpaired) electrons. The molecule has 5 nitrogen and oxygen atoms in total. The third-order valence-corrected chi connectivity index (χ3v) is 6.42. The maximum Gasteiger partial charge on any atom is 0.223 e. The zero-order valence-electron chi connectivity index (χ0n) is 19.1. The molecule has 1 N–H and O–H groups in total. The molecule has 164 valence electrons. The molecule has 2 aliphatic rings. The molecule has 0 aromatic heterocycles. The summed E-state index contributed by atoms with van der Waals surface area (Å²) in [4.78, 5) is 14.9. The Bertz CT molecular complexity index is 1010. The molecule has 2 aliphatic heterocycles. The molecule has 2 aromatic rings. The molecule has 2 heterocycles. The van der Waals surface area contributed by atoms with Gasteiger partial charge < -0.3 is 19.7 Å². The first-order chi connectivity index (χ1) is 14.8. The van der Waals surface area contributed by atoms with Gasteiger partial charge in [-0.15, -0.1) is 0 Å².